The molecule has 0 heterocycles. The van der Waals surface area contributed by atoms with Gasteiger partial charge in [0.2, 0.25) is 0 Å². The third-order valence-corrected chi connectivity index (χ3v) is 7.27. The molecule has 90 valence electrons. The third-order valence-electron chi connectivity index (χ3n) is 2.53. The molecule has 0 fully saturated rings. The highest BCUT2D eigenvalue weighted by atomic mass is 79.9. The summed E-state index contributed by atoms with van der Waals surface area (Å²) >= 11 is 14.3. The van der Waals surface area contributed by atoms with Gasteiger partial charge in [-0.2, -0.15) is 0 Å². The average molecular weight is 478 g/mol. The molecule has 0 saturated carbocycles. The van der Waals surface area contributed by atoms with Crippen LogP contribution in [0.4, 0.5) is 0 Å². The molecule has 1 aromatic carbocycles. The van der Waals surface area contributed by atoms with Crippen LogP contribution in [-0.4, -0.2) is 0 Å². The van der Waals surface area contributed by atoms with Crippen molar-refractivity contribution >= 4 is 63.7 Å². The number of benzene rings is 1. The Hall–Kier alpha value is 1.14. The van der Waals surface area contributed by atoms with E-state index in [4.69, 9.17) is 0 Å². The first-order valence-electron chi connectivity index (χ1n) is 5.29. The molecule has 1 atom stereocenters. The van der Waals surface area contributed by atoms with Gasteiger partial charge in [0.05, 0.1) is 0 Å². The summed E-state index contributed by atoms with van der Waals surface area (Å²) in [5, 5.41) is 0. The van der Waals surface area contributed by atoms with Gasteiger partial charge in [-0.15, -0.1) is 0 Å². The molecule has 0 aliphatic carbocycles. The SMILES string of the molecule is CCCC(C)Cc1cc(Br)c(Br)c(Br)c1Br. The molecular formula is C12H14Br4. The van der Waals surface area contributed by atoms with Crippen LogP contribution in [0.15, 0.2) is 24.0 Å². The van der Waals surface area contributed by atoms with Crippen molar-refractivity contribution in [3.8, 4) is 0 Å². The van der Waals surface area contributed by atoms with Crippen LogP contribution in [0.2, 0.25) is 0 Å². The molecule has 1 unspecified atom stereocenters. The molecule has 1 rings (SSSR count). The van der Waals surface area contributed by atoms with Crippen molar-refractivity contribution in [3.05, 3.63) is 29.5 Å². The van der Waals surface area contributed by atoms with Gasteiger partial charge in [-0.05, 0) is 87.7 Å². The molecule has 0 aromatic heterocycles. The summed E-state index contributed by atoms with van der Waals surface area (Å²) in [4.78, 5) is 0. The predicted octanol–water partition coefficient (Wildman–Crippen LogP) is 6.72. The van der Waals surface area contributed by atoms with E-state index in [0.29, 0.717) is 0 Å². The van der Waals surface area contributed by atoms with Crippen molar-refractivity contribution in [2.45, 2.75) is 33.1 Å². The highest BCUT2D eigenvalue weighted by Crippen LogP contribution is 2.39. The molecule has 0 spiro atoms. The Morgan fingerprint density at radius 3 is 2.25 bits per heavy atom. The molecule has 0 bridgehead atoms. The number of halogens is 4. The molecule has 0 N–H and O–H groups in total. The second kappa shape index (κ2) is 6.91. The number of rotatable bonds is 4. The smallest absolute Gasteiger partial charge is 0.0473 e. The monoisotopic (exact) mass is 474 g/mol. The van der Waals surface area contributed by atoms with Crippen LogP contribution in [-0.2, 0) is 6.42 Å². The van der Waals surface area contributed by atoms with E-state index in [0.717, 1.165) is 30.2 Å². The summed E-state index contributed by atoms with van der Waals surface area (Å²) in [5.41, 5.74) is 1.35. The van der Waals surface area contributed by atoms with Crippen molar-refractivity contribution in [2.75, 3.05) is 0 Å². The molecule has 4 heteroatoms. The fourth-order valence-electron chi connectivity index (χ4n) is 1.74. The van der Waals surface area contributed by atoms with E-state index in [9.17, 15) is 0 Å². The van der Waals surface area contributed by atoms with Gasteiger partial charge in [-0.1, -0.05) is 26.7 Å². The average Bonchev–Trinajstić information content (AvgIpc) is 2.23. The topological polar surface area (TPSA) is 0 Å². The van der Waals surface area contributed by atoms with E-state index in [1.54, 1.807) is 0 Å². The van der Waals surface area contributed by atoms with Gasteiger partial charge in [0.15, 0.2) is 0 Å². The lowest BCUT2D eigenvalue weighted by Crippen LogP contribution is -2.00. The zero-order valence-electron chi connectivity index (χ0n) is 9.29. The molecule has 16 heavy (non-hydrogen) atoms. The molecule has 0 nitrogen and oxygen atoms in total. The van der Waals surface area contributed by atoms with E-state index in [-0.39, 0.29) is 0 Å². The van der Waals surface area contributed by atoms with Crippen molar-refractivity contribution in [1.82, 2.24) is 0 Å². The van der Waals surface area contributed by atoms with Gasteiger partial charge < -0.3 is 0 Å². The standard InChI is InChI=1S/C12H14Br4/c1-3-4-7(2)5-8-6-9(13)11(15)12(16)10(8)14/h6-7H,3-5H2,1-2H3. The summed E-state index contributed by atoms with van der Waals surface area (Å²) in [5.74, 6) is 0.723. The first-order valence-corrected chi connectivity index (χ1v) is 8.46. The van der Waals surface area contributed by atoms with Crippen molar-refractivity contribution in [3.63, 3.8) is 0 Å². The van der Waals surface area contributed by atoms with E-state index in [2.05, 4.69) is 83.6 Å². The van der Waals surface area contributed by atoms with Crippen molar-refractivity contribution < 1.29 is 0 Å². The zero-order valence-corrected chi connectivity index (χ0v) is 15.6. The summed E-state index contributed by atoms with van der Waals surface area (Å²) in [6.45, 7) is 4.54. The minimum atomic E-state index is 0.723. The first kappa shape index (κ1) is 15.2. The summed E-state index contributed by atoms with van der Waals surface area (Å²) in [6, 6.07) is 2.19. The lowest BCUT2D eigenvalue weighted by molar-refractivity contribution is 0.521. The lowest BCUT2D eigenvalue weighted by Gasteiger charge is -2.14. The minimum Gasteiger partial charge on any atom is -0.0654 e. The normalized spacial score (nSPS) is 12.9. The van der Waals surface area contributed by atoms with E-state index in [1.165, 1.54) is 18.4 Å². The van der Waals surface area contributed by atoms with E-state index in [1.807, 2.05) is 0 Å². The maximum atomic E-state index is 3.65. The van der Waals surface area contributed by atoms with Crippen LogP contribution < -0.4 is 0 Å². The highest BCUT2D eigenvalue weighted by molar-refractivity contribution is 9.15. The Labute approximate surface area is 131 Å². The summed E-state index contributed by atoms with van der Waals surface area (Å²) in [7, 11) is 0. The molecular weight excluding hydrogens is 464 g/mol. The Morgan fingerprint density at radius 1 is 1.06 bits per heavy atom. The summed E-state index contributed by atoms with van der Waals surface area (Å²) < 4.78 is 4.40. The summed E-state index contributed by atoms with van der Waals surface area (Å²) in [6.07, 6.45) is 3.63. The third kappa shape index (κ3) is 3.82. The lowest BCUT2D eigenvalue weighted by atomic mass is 9.97. The Morgan fingerprint density at radius 2 is 1.69 bits per heavy atom. The van der Waals surface area contributed by atoms with Crippen LogP contribution >= 0.6 is 63.7 Å². The zero-order chi connectivity index (χ0) is 12.3. The molecule has 0 aliphatic heterocycles. The Balaban J connectivity index is 2.97. The van der Waals surface area contributed by atoms with Crippen LogP contribution in [0.5, 0.6) is 0 Å². The van der Waals surface area contributed by atoms with Crippen LogP contribution in [0.3, 0.4) is 0 Å². The number of hydrogen-bond acceptors (Lipinski definition) is 0. The van der Waals surface area contributed by atoms with Gasteiger partial charge in [0.25, 0.3) is 0 Å². The maximum Gasteiger partial charge on any atom is 0.0473 e. The molecule has 0 aliphatic rings. The van der Waals surface area contributed by atoms with Gasteiger partial charge in [-0.3, -0.25) is 0 Å². The maximum absolute atomic E-state index is 3.65. The quantitative estimate of drug-likeness (QED) is 0.334. The van der Waals surface area contributed by atoms with Gasteiger partial charge in [0, 0.05) is 17.9 Å². The molecule has 1 aromatic rings. The second-order valence-electron chi connectivity index (χ2n) is 4.06. The molecule has 0 saturated heterocycles. The fraction of sp³-hybridized carbons (Fsp3) is 0.500. The van der Waals surface area contributed by atoms with E-state index < -0.39 is 0 Å². The highest BCUT2D eigenvalue weighted by Gasteiger charge is 2.13. The first-order chi connectivity index (χ1) is 7.47. The minimum absolute atomic E-state index is 0.723. The van der Waals surface area contributed by atoms with Gasteiger partial charge in [0.1, 0.15) is 0 Å². The second-order valence-corrected chi connectivity index (χ2v) is 7.29. The Bertz CT molecular complexity index is 374. The fourth-order valence-corrected chi connectivity index (χ4v) is 4.00. The Kier molecular flexibility index (Phi) is 6.56. The van der Waals surface area contributed by atoms with Crippen LogP contribution in [0, 0.1) is 5.92 Å². The van der Waals surface area contributed by atoms with Crippen LogP contribution in [0.1, 0.15) is 32.3 Å². The van der Waals surface area contributed by atoms with E-state index >= 15 is 0 Å². The van der Waals surface area contributed by atoms with Crippen molar-refractivity contribution in [2.24, 2.45) is 5.92 Å². The van der Waals surface area contributed by atoms with Crippen molar-refractivity contribution in [1.29, 1.82) is 0 Å². The predicted molar refractivity (Wildman–Crippen MR) is 85.0 cm³/mol. The molecule has 0 radical (unpaired) electrons. The molecule has 0 amide bonds. The number of hydrogen-bond donors (Lipinski definition) is 0. The van der Waals surface area contributed by atoms with Crippen LogP contribution in [0.25, 0.3) is 0 Å². The largest absolute Gasteiger partial charge is 0.0654 e. The van der Waals surface area contributed by atoms with Gasteiger partial charge in [-0.25, -0.2) is 0 Å². The van der Waals surface area contributed by atoms with Gasteiger partial charge >= 0.3 is 0 Å².